The fourth-order valence-electron chi connectivity index (χ4n) is 2.80. The van der Waals surface area contributed by atoms with Crippen molar-refractivity contribution < 1.29 is 14.4 Å². The maximum atomic E-state index is 12.6. The Hall–Kier alpha value is -3.15. The third kappa shape index (κ3) is 3.68. The average molecular weight is 337 g/mol. The topological polar surface area (TPSA) is 78.5 Å². The molecule has 1 atom stereocenters. The Kier molecular flexibility index (Phi) is 4.52. The van der Waals surface area contributed by atoms with E-state index in [2.05, 4.69) is 10.6 Å². The molecule has 2 aromatic carbocycles. The van der Waals surface area contributed by atoms with Crippen LogP contribution in [-0.2, 0) is 14.4 Å². The van der Waals surface area contributed by atoms with Crippen molar-refractivity contribution in [1.29, 1.82) is 0 Å². The summed E-state index contributed by atoms with van der Waals surface area (Å²) in [5.74, 6) is -0.682. The number of hydrogen-bond donors (Lipinski definition) is 2. The molecule has 1 fully saturated rings. The van der Waals surface area contributed by atoms with Crippen molar-refractivity contribution in [1.82, 2.24) is 0 Å². The third-order valence-corrected chi connectivity index (χ3v) is 3.96. The number of anilines is 3. The summed E-state index contributed by atoms with van der Waals surface area (Å²) in [6, 6.07) is 13.7. The van der Waals surface area contributed by atoms with Crippen molar-refractivity contribution in [2.45, 2.75) is 26.3 Å². The summed E-state index contributed by atoms with van der Waals surface area (Å²) in [6.45, 7) is 3.38. The summed E-state index contributed by atoms with van der Waals surface area (Å²) in [4.78, 5) is 37.3. The number of rotatable bonds is 4. The van der Waals surface area contributed by atoms with E-state index in [1.54, 1.807) is 36.4 Å². The number of carbonyl (C=O) groups excluding carboxylic acids is 3. The van der Waals surface area contributed by atoms with Gasteiger partial charge in [-0.05, 0) is 37.3 Å². The third-order valence-electron chi connectivity index (χ3n) is 3.96. The molecule has 6 nitrogen and oxygen atoms in total. The summed E-state index contributed by atoms with van der Waals surface area (Å²) in [5.41, 5.74) is 2.94. The predicted octanol–water partition coefficient (Wildman–Crippen LogP) is 2.70. The molecule has 1 saturated heterocycles. The molecular weight excluding hydrogens is 318 g/mol. The van der Waals surface area contributed by atoms with Crippen molar-refractivity contribution in [3.05, 3.63) is 54.1 Å². The van der Waals surface area contributed by atoms with Gasteiger partial charge in [0.25, 0.3) is 5.91 Å². The smallest absolute Gasteiger partial charge is 0.256 e. The van der Waals surface area contributed by atoms with E-state index >= 15 is 0 Å². The van der Waals surface area contributed by atoms with Crippen molar-refractivity contribution in [3.8, 4) is 0 Å². The van der Waals surface area contributed by atoms with Gasteiger partial charge in [0.15, 0.2) is 0 Å². The molecule has 0 aliphatic carbocycles. The lowest BCUT2D eigenvalue weighted by atomic mass is 10.2. The van der Waals surface area contributed by atoms with Crippen LogP contribution in [0.4, 0.5) is 17.1 Å². The monoisotopic (exact) mass is 337 g/mol. The number of aryl methyl sites for hydroxylation is 1. The van der Waals surface area contributed by atoms with Gasteiger partial charge in [0.1, 0.15) is 6.04 Å². The van der Waals surface area contributed by atoms with Crippen LogP contribution in [-0.4, -0.2) is 23.8 Å². The van der Waals surface area contributed by atoms with E-state index in [9.17, 15) is 14.4 Å². The highest BCUT2D eigenvalue weighted by molar-refractivity contribution is 6.23. The van der Waals surface area contributed by atoms with Gasteiger partial charge >= 0.3 is 0 Å². The number of nitrogens with zero attached hydrogens (tertiary/aromatic N) is 1. The van der Waals surface area contributed by atoms with Gasteiger partial charge < -0.3 is 10.6 Å². The Morgan fingerprint density at radius 2 is 1.76 bits per heavy atom. The van der Waals surface area contributed by atoms with Gasteiger partial charge in [0.05, 0.1) is 12.1 Å². The maximum absolute atomic E-state index is 12.6. The first-order chi connectivity index (χ1) is 11.9. The zero-order valence-electron chi connectivity index (χ0n) is 14.1. The van der Waals surface area contributed by atoms with Crippen LogP contribution in [0.15, 0.2) is 48.5 Å². The van der Waals surface area contributed by atoms with Crippen LogP contribution in [0.5, 0.6) is 0 Å². The summed E-state index contributed by atoms with van der Waals surface area (Å²) in [5, 5.41) is 5.77. The van der Waals surface area contributed by atoms with Gasteiger partial charge in [-0.15, -0.1) is 0 Å². The van der Waals surface area contributed by atoms with Crippen LogP contribution >= 0.6 is 0 Å². The predicted molar refractivity (Wildman–Crippen MR) is 96.4 cm³/mol. The summed E-state index contributed by atoms with van der Waals surface area (Å²) >= 11 is 0. The average Bonchev–Trinajstić information content (AvgIpc) is 2.82. The second-order valence-electron chi connectivity index (χ2n) is 6.07. The molecule has 1 unspecified atom stereocenters. The van der Waals surface area contributed by atoms with Crippen molar-refractivity contribution >= 4 is 34.8 Å². The summed E-state index contributed by atoms with van der Waals surface area (Å²) in [6.07, 6.45) is 0.0943. The zero-order valence-corrected chi connectivity index (χ0v) is 14.1. The quantitative estimate of drug-likeness (QED) is 0.841. The van der Waals surface area contributed by atoms with Crippen molar-refractivity contribution in [2.24, 2.45) is 0 Å². The largest absolute Gasteiger partial charge is 0.373 e. The Bertz CT molecular complexity index is 830. The van der Waals surface area contributed by atoms with Gasteiger partial charge in [-0.1, -0.05) is 23.8 Å². The first-order valence-electron chi connectivity index (χ1n) is 8.02. The molecule has 0 bridgehead atoms. The van der Waals surface area contributed by atoms with Crippen molar-refractivity contribution in [3.63, 3.8) is 0 Å². The Morgan fingerprint density at radius 1 is 1.08 bits per heavy atom. The lowest BCUT2D eigenvalue weighted by Crippen LogP contribution is -2.34. The molecule has 2 aromatic rings. The number of nitrogens with one attached hydrogen (secondary N) is 2. The minimum absolute atomic E-state index is 0.0943. The molecule has 1 aliphatic heterocycles. The fourth-order valence-corrected chi connectivity index (χ4v) is 2.80. The van der Waals surface area contributed by atoms with Gasteiger partial charge in [-0.25, -0.2) is 4.90 Å². The Morgan fingerprint density at radius 3 is 2.44 bits per heavy atom. The minimum Gasteiger partial charge on any atom is -0.373 e. The molecule has 1 heterocycles. The van der Waals surface area contributed by atoms with E-state index < -0.39 is 6.04 Å². The Balaban J connectivity index is 1.76. The van der Waals surface area contributed by atoms with Crippen LogP contribution in [0.2, 0.25) is 0 Å². The van der Waals surface area contributed by atoms with Crippen LogP contribution in [0.3, 0.4) is 0 Å². The molecule has 0 aromatic heterocycles. The van der Waals surface area contributed by atoms with Crippen LogP contribution in [0.25, 0.3) is 0 Å². The van der Waals surface area contributed by atoms with Crippen LogP contribution in [0.1, 0.15) is 18.9 Å². The number of hydrogen-bond acceptors (Lipinski definition) is 4. The SMILES string of the molecule is CC(=O)Nc1cccc(NC2CC(=O)N(c3ccc(C)cc3)C2=O)c1. The van der Waals surface area contributed by atoms with E-state index in [1.807, 2.05) is 19.1 Å². The highest BCUT2D eigenvalue weighted by atomic mass is 16.2. The molecule has 0 saturated carbocycles. The number of amides is 3. The molecule has 1 aliphatic rings. The van der Waals surface area contributed by atoms with E-state index in [0.29, 0.717) is 17.1 Å². The fraction of sp³-hybridized carbons (Fsp3) is 0.211. The van der Waals surface area contributed by atoms with E-state index in [0.717, 1.165) is 5.56 Å². The highest BCUT2D eigenvalue weighted by Gasteiger charge is 2.39. The van der Waals surface area contributed by atoms with E-state index in [4.69, 9.17) is 0 Å². The molecule has 128 valence electrons. The number of carbonyl (C=O) groups is 3. The molecule has 0 radical (unpaired) electrons. The van der Waals surface area contributed by atoms with Gasteiger partial charge in [-0.2, -0.15) is 0 Å². The minimum atomic E-state index is -0.624. The summed E-state index contributed by atoms with van der Waals surface area (Å²) < 4.78 is 0. The van der Waals surface area contributed by atoms with Crippen LogP contribution in [0, 0.1) is 6.92 Å². The molecule has 0 spiro atoms. The van der Waals surface area contributed by atoms with E-state index in [-0.39, 0.29) is 24.1 Å². The molecule has 25 heavy (non-hydrogen) atoms. The maximum Gasteiger partial charge on any atom is 0.256 e. The van der Waals surface area contributed by atoms with E-state index in [1.165, 1.54) is 11.8 Å². The number of imide groups is 1. The second kappa shape index (κ2) is 6.76. The lowest BCUT2D eigenvalue weighted by Gasteiger charge is -2.16. The number of benzene rings is 2. The second-order valence-corrected chi connectivity index (χ2v) is 6.07. The highest BCUT2D eigenvalue weighted by Crippen LogP contribution is 2.26. The van der Waals surface area contributed by atoms with Crippen molar-refractivity contribution in [2.75, 3.05) is 15.5 Å². The molecule has 3 amide bonds. The lowest BCUT2D eigenvalue weighted by molar-refractivity contribution is -0.121. The summed E-state index contributed by atoms with van der Waals surface area (Å²) in [7, 11) is 0. The van der Waals surface area contributed by atoms with Crippen LogP contribution < -0.4 is 15.5 Å². The first kappa shape index (κ1) is 16.7. The zero-order chi connectivity index (χ0) is 18.0. The van der Waals surface area contributed by atoms with Gasteiger partial charge in [0.2, 0.25) is 11.8 Å². The standard InChI is InChI=1S/C19H19N3O3/c1-12-6-8-16(9-7-12)22-18(24)11-17(19(22)25)21-15-5-3-4-14(10-15)20-13(2)23/h3-10,17,21H,11H2,1-2H3,(H,20,23). The van der Waals surface area contributed by atoms with Gasteiger partial charge in [-0.3, -0.25) is 14.4 Å². The molecule has 6 heteroatoms. The molecule has 3 rings (SSSR count). The molecule has 2 N–H and O–H groups in total. The first-order valence-corrected chi connectivity index (χ1v) is 8.02. The Labute approximate surface area is 145 Å². The normalized spacial score (nSPS) is 16.9. The van der Waals surface area contributed by atoms with Gasteiger partial charge in [0, 0.05) is 18.3 Å². The molecular formula is C19H19N3O3.